The number of hydrogen-bond acceptors (Lipinski definition) is 6. The zero-order valence-corrected chi connectivity index (χ0v) is 20.4. The molecule has 7 nitrogen and oxygen atoms in total. The maximum atomic E-state index is 13.5. The third-order valence-corrected chi connectivity index (χ3v) is 6.70. The maximum absolute atomic E-state index is 13.5. The van der Waals surface area contributed by atoms with Gasteiger partial charge in [-0.25, -0.2) is 4.98 Å². The van der Waals surface area contributed by atoms with Crippen LogP contribution in [0.15, 0.2) is 66.2 Å². The van der Waals surface area contributed by atoms with E-state index in [4.69, 9.17) is 19.6 Å². The van der Waals surface area contributed by atoms with Crippen LogP contribution in [0.2, 0.25) is 0 Å². The lowest BCUT2D eigenvalue weighted by molar-refractivity contribution is -0.118. The number of allylic oxidation sites excluding steroid dienone is 2. The first kappa shape index (κ1) is 22.9. The van der Waals surface area contributed by atoms with Crippen molar-refractivity contribution in [2.45, 2.75) is 39.2 Å². The molecular formula is C28H29N3O4. The lowest BCUT2D eigenvalue weighted by Crippen LogP contribution is -2.37. The lowest BCUT2D eigenvalue weighted by Gasteiger charge is -2.38. The zero-order valence-electron chi connectivity index (χ0n) is 20.4. The molecule has 1 atom stereocenters. The number of nitrogens with one attached hydrogen (secondary N) is 1. The number of rotatable bonds is 5. The fourth-order valence-electron chi connectivity index (χ4n) is 5.06. The van der Waals surface area contributed by atoms with Gasteiger partial charge in [-0.3, -0.25) is 10.2 Å². The molecule has 35 heavy (non-hydrogen) atoms. The first-order valence-corrected chi connectivity index (χ1v) is 11.6. The van der Waals surface area contributed by atoms with Crippen molar-refractivity contribution in [2.24, 2.45) is 5.41 Å². The number of aromatic nitrogens is 2. The Morgan fingerprint density at radius 1 is 1.09 bits per heavy atom. The SMILES string of the molecule is COc1ccc([C@H]2C3=C(CC(C)(C)CC3=O)Oc3ncn(Cc4ccccc4)c(=N)c32)cc1OC. The van der Waals surface area contributed by atoms with E-state index in [1.165, 1.54) is 0 Å². The normalized spacial score (nSPS) is 18.4. The zero-order chi connectivity index (χ0) is 24.7. The molecule has 1 aliphatic carbocycles. The van der Waals surface area contributed by atoms with Gasteiger partial charge in [-0.2, -0.15) is 0 Å². The molecule has 0 bridgehead atoms. The van der Waals surface area contributed by atoms with Gasteiger partial charge >= 0.3 is 0 Å². The summed E-state index contributed by atoms with van der Waals surface area (Å²) >= 11 is 0. The molecule has 7 heteroatoms. The largest absolute Gasteiger partial charge is 0.493 e. The quantitative estimate of drug-likeness (QED) is 0.588. The highest BCUT2D eigenvalue weighted by Gasteiger charge is 2.43. The number of ether oxygens (including phenoxy) is 3. The monoisotopic (exact) mass is 471 g/mol. The minimum atomic E-state index is -0.486. The second-order valence-electron chi connectivity index (χ2n) is 9.85. The molecule has 0 amide bonds. The molecule has 5 rings (SSSR count). The van der Waals surface area contributed by atoms with E-state index in [0.717, 1.165) is 11.1 Å². The Balaban J connectivity index is 1.71. The van der Waals surface area contributed by atoms with Gasteiger partial charge in [0, 0.05) is 18.4 Å². The van der Waals surface area contributed by atoms with Crippen molar-refractivity contribution in [3.05, 3.63) is 88.4 Å². The summed E-state index contributed by atoms with van der Waals surface area (Å²) in [4.78, 5) is 18.1. The Labute approximate surface area is 204 Å². The molecule has 2 aliphatic rings. The van der Waals surface area contributed by atoms with Gasteiger partial charge in [-0.15, -0.1) is 0 Å². The molecule has 3 aromatic rings. The van der Waals surface area contributed by atoms with Gasteiger partial charge in [-0.05, 0) is 28.7 Å². The van der Waals surface area contributed by atoms with Crippen LogP contribution in [0.1, 0.15) is 49.3 Å². The smallest absolute Gasteiger partial charge is 0.228 e. The minimum Gasteiger partial charge on any atom is -0.493 e. The number of carbonyl (C=O) groups excluding carboxylic acids is 1. The number of methoxy groups -OCH3 is 2. The fraction of sp³-hybridized carbons (Fsp3) is 0.321. The standard InChI is InChI=1S/C28H29N3O4/c1-28(2)13-19(32)24-22(14-28)35-27-25(23(24)18-10-11-20(33-3)21(12-18)34-4)26(29)31(16-30-27)15-17-8-6-5-7-9-17/h5-12,16,23,29H,13-15H2,1-4H3/t23-/m0/s1. The third-order valence-electron chi connectivity index (χ3n) is 6.70. The summed E-state index contributed by atoms with van der Waals surface area (Å²) in [6, 6.07) is 15.6. The molecule has 1 aromatic heterocycles. The molecule has 2 heterocycles. The van der Waals surface area contributed by atoms with Crippen LogP contribution < -0.4 is 19.7 Å². The van der Waals surface area contributed by atoms with E-state index in [9.17, 15) is 4.79 Å². The summed E-state index contributed by atoms with van der Waals surface area (Å²) in [7, 11) is 3.18. The summed E-state index contributed by atoms with van der Waals surface area (Å²) in [5, 5.41) is 9.13. The number of hydrogen-bond donors (Lipinski definition) is 1. The number of ketones is 1. The van der Waals surface area contributed by atoms with E-state index >= 15 is 0 Å². The topological polar surface area (TPSA) is 86.4 Å². The molecule has 1 aliphatic heterocycles. The average Bonchev–Trinajstić information content (AvgIpc) is 2.84. The first-order valence-electron chi connectivity index (χ1n) is 11.6. The van der Waals surface area contributed by atoms with Crippen molar-refractivity contribution in [1.82, 2.24) is 9.55 Å². The van der Waals surface area contributed by atoms with Crippen LogP contribution in [0, 0.1) is 10.8 Å². The van der Waals surface area contributed by atoms with Crippen LogP contribution >= 0.6 is 0 Å². The lowest BCUT2D eigenvalue weighted by atomic mass is 9.70. The number of benzene rings is 2. The minimum absolute atomic E-state index is 0.0412. The summed E-state index contributed by atoms with van der Waals surface area (Å²) < 4.78 is 19.0. The predicted octanol–water partition coefficient (Wildman–Crippen LogP) is 4.60. The second kappa shape index (κ2) is 8.73. The van der Waals surface area contributed by atoms with E-state index in [1.54, 1.807) is 25.1 Å². The molecule has 0 spiro atoms. The number of Topliss-reactive ketones (excluding diaryl/α,β-unsaturated/α-hetero) is 1. The van der Waals surface area contributed by atoms with Gasteiger partial charge in [0.05, 0.1) is 32.2 Å². The van der Waals surface area contributed by atoms with Crippen LogP contribution in [0.25, 0.3) is 0 Å². The Morgan fingerprint density at radius 2 is 1.83 bits per heavy atom. The van der Waals surface area contributed by atoms with E-state index in [0.29, 0.717) is 53.7 Å². The fourth-order valence-corrected chi connectivity index (χ4v) is 5.06. The van der Waals surface area contributed by atoms with Crippen LogP contribution in [0.4, 0.5) is 0 Å². The van der Waals surface area contributed by atoms with Gasteiger partial charge in [0.2, 0.25) is 5.88 Å². The molecular weight excluding hydrogens is 442 g/mol. The predicted molar refractivity (Wildman–Crippen MR) is 131 cm³/mol. The molecule has 180 valence electrons. The molecule has 2 aromatic carbocycles. The summed E-state index contributed by atoms with van der Waals surface area (Å²) in [6.45, 7) is 4.63. The Morgan fingerprint density at radius 3 is 2.54 bits per heavy atom. The van der Waals surface area contributed by atoms with Crippen LogP contribution in [-0.4, -0.2) is 29.6 Å². The third kappa shape index (κ3) is 4.11. The van der Waals surface area contributed by atoms with E-state index in [2.05, 4.69) is 18.8 Å². The van der Waals surface area contributed by atoms with Crippen LogP contribution in [-0.2, 0) is 11.3 Å². The number of nitrogens with zero attached hydrogens (tertiary/aromatic N) is 2. The van der Waals surface area contributed by atoms with E-state index in [1.807, 2.05) is 48.5 Å². The van der Waals surface area contributed by atoms with Gasteiger partial charge in [0.1, 0.15) is 17.6 Å². The average molecular weight is 472 g/mol. The summed E-state index contributed by atoms with van der Waals surface area (Å²) in [5.41, 5.74) is 3.15. The molecule has 0 fully saturated rings. The van der Waals surface area contributed by atoms with Crippen molar-refractivity contribution >= 4 is 5.78 Å². The highest BCUT2D eigenvalue weighted by molar-refractivity contribution is 6.00. The first-order chi connectivity index (χ1) is 16.8. The van der Waals surface area contributed by atoms with Crippen molar-refractivity contribution in [3.8, 4) is 17.4 Å². The van der Waals surface area contributed by atoms with Crippen molar-refractivity contribution in [2.75, 3.05) is 14.2 Å². The van der Waals surface area contributed by atoms with Gasteiger partial charge in [0.15, 0.2) is 17.3 Å². The highest BCUT2D eigenvalue weighted by Crippen LogP contribution is 2.49. The van der Waals surface area contributed by atoms with Crippen molar-refractivity contribution < 1.29 is 19.0 Å². The van der Waals surface area contributed by atoms with E-state index in [-0.39, 0.29) is 16.7 Å². The van der Waals surface area contributed by atoms with Gasteiger partial charge in [0.25, 0.3) is 0 Å². The van der Waals surface area contributed by atoms with Crippen LogP contribution in [0.3, 0.4) is 0 Å². The van der Waals surface area contributed by atoms with E-state index < -0.39 is 5.92 Å². The molecule has 1 N–H and O–H groups in total. The van der Waals surface area contributed by atoms with Gasteiger partial charge in [-0.1, -0.05) is 50.2 Å². The molecule has 0 radical (unpaired) electrons. The molecule has 0 saturated heterocycles. The number of carbonyl (C=O) groups is 1. The number of fused-ring (bicyclic) bond motifs is 1. The molecule has 0 saturated carbocycles. The van der Waals surface area contributed by atoms with Gasteiger partial charge < -0.3 is 18.8 Å². The highest BCUT2D eigenvalue weighted by atomic mass is 16.5. The summed E-state index contributed by atoms with van der Waals surface area (Å²) in [5.74, 6) is 1.75. The van der Waals surface area contributed by atoms with Crippen molar-refractivity contribution in [3.63, 3.8) is 0 Å². The second-order valence-corrected chi connectivity index (χ2v) is 9.85. The Bertz CT molecular complexity index is 1390. The Kier molecular flexibility index (Phi) is 5.71. The summed E-state index contributed by atoms with van der Waals surface area (Å²) in [6.07, 6.45) is 2.69. The Hall–Kier alpha value is -3.87. The van der Waals surface area contributed by atoms with Crippen LogP contribution in [0.5, 0.6) is 17.4 Å². The van der Waals surface area contributed by atoms with Crippen molar-refractivity contribution in [1.29, 1.82) is 5.41 Å². The molecule has 0 unspecified atom stereocenters. The maximum Gasteiger partial charge on any atom is 0.228 e.